The van der Waals surface area contributed by atoms with Crippen LogP contribution in [0.25, 0.3) is 10.9 Å². The average molecular weight is 351 g/mol. The second-order valence-corrected chi connectivity index (χ2v) is 8.68. The minimum absolute atomic E-state index is 0.0594. The molecular weight excluding hydrogens is 322 g/mol. The number of hydrogen-bond acceptors (Lipinski definition) is 4. The monoisotopic (exact) mass is 351 g/mol. The second kappa shape index (κ2) is 6.50. The van der Waals surface area contributed by atoms with E-state index in [9.17, 15) is 5.11 Å². The standard InChI is InChI=1S/C22H29N3O/c1-15-3-2-4-18-9-19(14-26)22(23-21(15)18)25-12-17-7-8-20(13-25)24(11-17)10-16-5-6-16/h2-4,9,16-17,20,26H,5-8,10-14H2,1H3/t17-,20-/m1/s1. The molecule has 4 heteroatoms. The first-order valence-electron chi connectivity index (χ1n) is 10.2. The smallest absolute Gasteiger partial charge is 0.134 e. The molecule has 0 radical (unpaired) electrons. The molecule has 4 nitrogen and oxygen atoms in total. The number of benzene rings is 1. The number of aliphatic hydroxyl groups excluding tert-OH is 1. The quantitative estimate of drug-likeness (QED) is 0.917. The van der Waals surface area contributed by atoms with Gasteiger partial charge in [-0.3, -0.25) is 4.90 Å². The van der Waals surface area contributed by atoms with Crippen LogP contribution in [0.15, 0.2) is 24.3 Å². The first-order valence-corrected chi connectivity index (χ1v) is 10.2. The highest BCUT2D eigenvalue weighted by Gasteiger charge is 2.38. The van der Waals surface area contributed by atoms with Crippen LogP contribution < -0.4 is 4.90 Å². The molecule has 3 saturated heterocycles. The summed E-state index contributed by atoms with van der Waals surface area (Å²) in [7, 11) is 0. The molecule has 2 bridgehead atoms. The third kappa shape index (κ3) is 2.99. The summed E-state index contributed by atoms with van der Waals surface area (Å²) in [6, 6.07) is 9.08. The second-order valence-electron chi connectivity index (χ2n) is 8.68. The number of fused-ring (bicyclic) bond motifs is 5. The first-order chi connectivity index (χ1) is 12.7. The number of hydrogen-bond donors (Lipinski definition) is 1. The number of pyridine rings is 1. The van der Waals surface area contributed by atoms with Gasteiger partial charge in [0.2, 0.25) is 0 Å². The molecule has 2 aromatic rings. The number of rotatable bonds is 4. The minimum Gasteiger partial charge on any atom is -0.392 e. The third-order valence-electron chi connectivity index (χ3n) is 6.59. The zero-order valence-corrected chi connectivity index (χ0v) is 15.7. The fraction of sp³-hybridized carbons (Fsp3) is 0.591. The van der Waals surface area contributed by atoms with Crippen molar-refractivity contribution in [3.8, 4) is 0 Å². The molecule has 1 aromatic carbocycles. The van der Waals surface area contributed by atoms with Crippen molar-refractivity contribution in [1.29, 1.82) is 0 Å². The van der Waals surface area contributed by atoms with Crippen LogP contribution in [0.1, 0.15) is 36.8 Å². The Morgan fingerprint density at radius 2 is 2.00 bits per heavy atom. The molecule has 4 aliphatic rings. The maximum Gasteiger partial charge on any atom is 0.134 e. The molecule has 1 saturated carbocycles. The molecule has 4 heterocycles. The van der Waals surface area contributed by atoms with E-state index in [4.69, 9.17) is 4.98 Å². The molecule has 1 N–H and O–H groups in total. The summed E-state index contributed by atoms with van der Waals surface area (Å²) in [4.78, 5) is 10.3. The Kier molecular flexibility index (Phi) is 4.13. The van der Waals surface area contributed by atoms with E-state index in [-0.39, 0.29) is 6.61 Å². The Morgan fingerprint density at radius 3 is 2.81 bits per heavy atom. The van der Waals surface area contributed by atoms with Crippen molar-refractivity contribution in [3.05, 3.63) is 35.4 Å². The maximum atomic E-state index is 10.00. The largest absolute Gasteiger partial charge is 0.392 e. The highest BCUT2D eigenvalue weighted by atomic mass is 16.3. The maximum absolute atomic E-state index is 10.00. The van der Waals surface area contributed by atoms with E-state index in [0.717, 1.165) is 47.2 Å². The van der Waals surface area contributed by atoms with Gasteiger partial charge in [-0.15, -0.1) is 0 Å². The molecular formula is C22H29N3O. The Labute approximate surface area is 155 Å². The van der Waals surface area contributed by atoms with Gasteiger partial charge in [0.05, 0.1) is 12.1 Å². The van der Waals surface area contributed by atoms with Crippen molar-refractivity contribution < 1.29 is 5.11 Å². The number of aryl methyl sites for hydroxylation is 1. The van der Waals surface area contributed by atoms with Gasteiger partial charge >= 0.3 is 0 Å². The summed E-state index contributed by atoms with van der Waals surface area (Å²) in [6.07, 6.45) is 5.51. The summed E-state index contributed by atoms with van der Waals surface area (Å²) in [5.74, 6) is 2.70. The fourth-order valence-electron chi connectivity index (χ4n) is 4.98. The molecule has 4 fully saturated rings. The average Bonchev–Trinajstić information content (AvgIpc) is 3.49. The lowest BCUT2D eigenvalue weighted by Crippen LogP contribution is -2.44. The van der Waals surface area contributed by atoms with Gasteiger partial charge in [0.25, 0.3) is 0 Å². The van der Waals surface area contributed by atoms with Gasteiger partial charge in [0.1, 0.15) is 5.82 Å². The van der Waals surface area contributed by atoms with E-state index < -0.39 is 0 Å². The molecule has 138 valence electrons. The zero-order valence-electron chi connectivity index (χ0n) is 15.7. The highest BCUT2D eigenvalue weighted by molar-refractivity contribution is 5.84. The molecule has 3 aliphatic heterocycles. The van der Waals surface area contributed by atoms with Gasteiger partial charge in [-0.2, -0.15) is 0 Å². The van der Waals surface area contributed by atoms with Crippen molar-refractivity contribution in [3.63, 3.8) is 0 Å². The van der Waals surface area contributed by atoms with E-state index in [1.807, 2.05) is 0 Å². The number of anilines is 1. The lowest BCUT2D eigenvalue weighted by atomic mass is 9.95. The summed E-state index contributed by atoms with van der Waals surface area (Å²) in [5.41, 5.74) is 3.26. The number of piperidine rings is 1. The Bertz CT molecular complexity index is 816. The van der Waals surface area contributed by atoms with E-state index in [0.29, 0.717) is 6.04 Å². The van der Waals surface area contributed by atoms with Crippen molar-refractivity contribution in [1.82, 2.24) is 9.88 Å². The van der Waals surface area contributed by atoms with Crippen LogP contribution >= 0.6 is 0 Å². The summed E-state index contributed by atoms with van der Waals surface area (Å²) < 4.78 is 0. The van der Waals surface area contributed by atoms with Crippen LogP contribution in [0, 0.1) is 18.8 Å². The first kappa shape index (κ1) is 16.5. The van der Waals surface area contributed by atoms with Crippen molar-refractivity contribution in [2.24, 2.45) is 11.8 Å². The molecule has 2 atom stereocenters. The van der Waals surface area contributed by atoms with Gasteiger partial charge in [0, 0.05) is 43.2 Å². The molecule has 26 heavy (non-hydrogen) atoms. The lowest BCUT2D eigenvalue weighted by Gasteiger charge is -2.36. The topological polar surface area (TPSA) is 39.6 Å². The lowest BCUT2D eigenvalue weighted by molar-refractivity contribution is 0.128. The van der Waals surface area contributed by atoms with Crippen LogP contribution in [0.3, 0.4) is 0 Å². The fourth-order valence-corrected chi connectivity index (χ4v) is 4.98. The van der Waals surface area contributed by atoms with Gasteiger partial charge in [-0.25, -0.2) is 4.98 Å². The molecule has 6 rings (SSSR count). The number of aromatic nitrogens is 1. The van der Waals surface area contributed by atoms with Crippen molar-refractivity contribution in [2.75, 3.05) is 31.1 Å². The molecule has 1 aromatic heterocycles. The zero-order chi connectivity index (χ0) is 17.7. The van der Waals surface area contributed by atoms with Gasteiger partial charge in [-0.05, 0) is 56.1 Å². The third-order valence-corrected chi connectivity index (χ3v) is 6.59. The highest BCUT2D eigenvalue weighted by Crippen LogP contribution is 2.36. The van der Waals surface area contributed by atoms with E-state index in [1.165, 1.54) is 44.3 Å². The number of para-hydroxylation sites is 1. The van der Waals surface area contributed by atoms with Crippen LogP contribution in [-0.2, 0) is 6.61 Å². The summed E-state index contributed by atoms with van der Waals surface area (Å²) in [6.45, 7) is 6.87. The Morgan fingerprint density at radius 1 is 1.12 bits per heavy atom. The summed E-state index contributed by atoms with van der Waals surface area (Å²) >= 11 is 0. The van der Waals surface area contributed by atoms with Crippen LogP contribution in [0.2, 0.25) is 0 Å². The minimum atomic E-state index is 0.0594. The predicted molar refractivity (Wildman–Crippen MR) is 105 cm³/mol. The van der Waals surface area contributed by atoms with E-state index >= 15 is 0 Å². The molecule has 1 aliphatic carbocycles. The Balaban J connectivity index is 1.49. The van der Waals surface area contributed by atoms with Gasteiger partial charge in [0.15, 0.2) is 0 Å². The normalized spacial score (nSPS) is 26.5. The SMILES string of the molecule is Cc1cccc2cc(CO)c(N3C[C@@H]4CC[C@H](C3)N(CC3CC3)C4)nc12. The van der Waals surface area contributed by atoms with E-state index in [2.05, 4.69) is 41.0 Å². The number of aliphatic hydroxyl groups is 1. The van der Waals surface area contributed by atoms with Crippen LogP contribution in [-0.4, -0.2) is 47.2 Å². The Hall–Kier alpha value is -1.65. The van der Waals surface area contributed by atoms with Crippen LogP contribution in [0.4, 0.5) is 5.82 Å². The van der Waals surface area contributed by atoms with Crippen LogP contribution in [0.5, 0.6) is 0 Å². The van der Waals surface area contributed by atoms with Crippen molar-refractivity contribution in [2.45, 2.75) is 45.3 Å². The van der Waals surface area contributed by atoms with E-state index in [1.54, 1.807) is 0 Å². The summed E-state index contributed by atoms with van der Waals surface area (Å²) in [5, 5.41) is 11.1. The van der Waals surface area contributed by atoms with Gasteiger partial charge in [-0.1, -0.05) is 18.2 Å². The molecule has 0 unspecified atom stereocenters. The molecule has 0 amide bonds. The predicted octanol–water partition coefficient (Wildman–Crippen LogP) is 3.35. The van der Waals surface area contributed by atoms with Crippen molar-refractivity contribution >= 4 is 16.7 Å². The van der Waals surface area contributed by atoms with Gasteiger partial charge < -0.3 is 10.0 Å². The number of nitrogens with zero attached hydrogens (tertiary/aromatic N) is 3. The molecule has 0 spiro atoms.